The molecule has 0 aromatic carbocycles. The zero-order chi connectivity index (χ0) is 12.6. The Balaban J connectivity index is 2.83. The summed E-state index contributed by atoms with van der Waals surface area (Å²) in [6, 6.07) is 0. The van der Waals surface area contributed by atoms with Gasteiger partial charge in [0.05, 0.1) is 17.6 Å². The van der Waals surface area contributed by atoms with Gasteiger partial charge in [-0.2, -0.15) is 0 Å². The Morgan fingerprint density at radius 1 is 1.44 bits per heavy atom. The lowest BCUT2D eigenvalue weighted by atomic mass is 9.75. The van der Waals surface area contributed by atoms with E-state index in [0.717, 1.165) is 0 Å². The number of hydrogen-bond acceptors (Lipinski definition) is 4. The van der Waals surface area contributed by atoms with Gasteiger partial charge in [-0.15, -0.1) is 0 Å². The van der Waals surface area contributed by atoms with Crippen molar-refractivity contribution < 1.29 is 13.5 Å². The van der Waals surface area contributed by atoms with Gasteiger partial charge in [0.15, 0.2) is 9.84 Å². The normalized spacial score (nSPS) is 31.6. The van der Waals surface area contributed by atoms with Gasteiger partial charge in [-0.25, -0.2) is 8.42 Å². The molecule has 0 radical (unpaired) electrons. The average Bonchev–Trinajstić information content (AvgIpc) is 2.40. The highest BCUT2D eigenvalue weighted by atomic mass is 32.2. The summed E-state index contributed by atoms with van der Waals surface area (Å²) in [7, 11) is -3.01. The zero-order valence-electron chi connectivity index (χ0n) is 10.4. The number of aliphatic hydroxyl groups excluding tert-OH is 1. The molecule has 1 aliphatic heterocycles. The van der Waals surface area contributed by atoms with E-state index < -0.39 is 21.4 Å². The van der Waals surface area contributed by atoms with Gasteiger partial charge in [0, 0.05) is 12.0 Å². The quantitative estimate of drug-likeness (QED) is 0.765. The topological polar surface area (TPSA) is 80.4 Å². The van der Waals surface area contributed by atoms with Crippen LogP contribution in [0.25, 0.3) is 0 Å². The van der Waals surface area contributed by atoms with Crippen molar-refractivity contribution in [2.24, 2.45) is 16.6 Å². The maximum Gasteiger partial charge on any atom is 0.151 e. The third kappa shape index (κ3) is 3.18. The summed E-state index contributed by atoms with van der Waals surface area (Å²) in [4.78, 5) is 0. The molecule has 0 amide bonds. The fourth-order valence-corrected chi connectivity index (χ4v) is 4.49. The molecule has 0 aromatic rings. The fraction of sp³-hybridized carbons (Fsp3) is 1.00. The largest absolute Gasteiger partial charge is 0.392 e. The van der Waals surface area contributed by atoms with E-state index in [0.29, 0.717) is 12.8 Å². The van der Waals surface area contributed by atoms with E-state index in [1.807, 2.05) is 20.8 Å². The Bertz CT molecular complexity index is 345. The Morgan fingerprint density at radius 2 is 2.00 bits per heavy atom. The van der Waals surface area contributed by atoms with Crippen LogP contribution in [0.2, 0.25) is 0 Å². The molecule has 0 spiro atoms. The van der Waals surface area contributed by atoms with Gasteiger partial charge in [0.2, 0.25) is 0 Å². The summed E-state index contributed by atoms with van der Waals surface area (Å²) >= 11 is 0. The summed E-state index contributed by atoms with van der Waals surface area (Å²) in [5, 5.41) is 10.2. The number of hydrogen-bond donors (Lipinski definition) is 2. The highest BCUT2D eigenvalue weighted by molar-refractivity contribution is 7.91. The van der Waals surface area contributed by atoms with Crippen LogP contribution in [-0.2, 0) is 9.84 Å². The molecule has 0 aromatic heterocycles. The summed E-state index contributed by atoms with van der Waals surface area (Å²) in [6.07, 6.45) is 0.442. The molecule has 1 heterocycles. The number of sulfone groups is 1. The molecule has 2 atom stereocenters. The van der Waals surface area contributed by atoms with E-state index in [9.17, 15) is 13.5 Å². The van der Waals surface area contributed by atoms with Crippen LogP contribution in [-0.4, -0.2) is 37.7 Å². The van der Waals surface area contributed by atoms with Crippen LogP contribution in [0, 0.1) is 10.8 Å². The van der Waals surface area contributed by atoms with Gasteiger partial charge < -0.3 is 10.8 Å². The van der Waals surface area contributed by atoms with Gasteiger partial charge >= 0.3 is 0 Å². The smallest absolute Gasteiger partial charge is 0.151 e. The highest BCUT2D eigenvalue weighted by Gasteiger charge is 2.47. The molecule has 16 heavy (non-hydrogen) atoms. The predicted molar refractivity (Wildman–Crippen MR) is 64.8 cm³/mol. The van der Waals surface area contributed by atoms with Crippen molar-refractivity contribution in [1.82, 2.24) is 0 Å². The molecule has 5 heteroatoms. The Morgan fingerprint density at radius 3 is 2.31 bits per heavy atom. The lowest BCUT2D eigenvalue weighted by Gasteiger charge is -2.35. The van der Waals surface area contributed by atoms with E-state index in [2.05, 4.69) is 0 Å². The summed E-state index contributed by atoms with van der Waals surface area (Å²) in [5.74, 6) is 0.194. The van der Waals surface area contributed by atoms with E-state index in [4.69, 9.17) is 5.73 Å². The number of nitrogens with two attached hydrogens (primary N) is 1. The molecule has 4 nitrogen and oxygen atoms in total. The second kappa shape index (κ2) is 4.27. The van der Waals surface area contributed by atoms with Crippen LogP contribution < -0.4 is 5.73 Å². The Labute approximate surface area is 98.1 Å². The van der Waals surface area contributed by atoms with Crippen LogP contribution in [0.3, 0.4) is 0 Å². The minimum atomic E-state index is -3.01. The molecular weight excluding hydrogens is 226 g/mol. The first-order valence-electron chi connectivity index (χ1n) is 5.69. The standard InChI is InChI=1S/C11H23NO3S/c1-10(2,3)6-9(13)11(7-12)4-5-16(14,15)8-11/h9,13H,4-8,12H2,1-3H3. The highest BCUT2D eigenvalue weighted by Crippen LogP contribution is 2.39. The first-order valence-corrected chi connectivity index (χ1v) is 7.51. The second-order valence-corrected chi connectivity index (χ2v) is 8.37. The number of rotatable bonds is 3. The van der Waals surface area contributed by atoms with Crippen molar-refractivity contribution in [3.05, 3.63) is 0 Å². The molecule has 1 rings (SSSR count). The maximum absolute atomic E-state index is 11.5. The first-order chi connectivity index (χ1) is 7.10. The van der Waals surface area contributed by atoms with E-state index in [1.165, 1.54) is 0 Å². The lowest BCUT2D eigenvalue weighted by Crippen LogP contribution is -2.44. The van der Waals surface area contributed by atoms with Crippen molar-refractivity contribution in [2.75, 3.05) is 18.1 Å². The SMILES string of the molecule is CC(C)(C)CC(O)C1(CN)CCS(=O)(=O)C1. The van der Waals surface area contributed by atoms with Gasteiger partial charge in [-0.05, 0) is 18.3 Å². The van der Waals surface area contributed by atoms with Crippen molar-refractivity contribution in [1.29, 1.82) is 0 Å². The molecule has 2 unspecified atom stereocenters. The van der Waals surface area contributed by atoms with Crippen LogP contribution >= 0.6 is 0 Å². The third-order valence-electron chi connectivity index (χ3n) is 3.34. The number of aliphatic hydroxyl groups is 1. The van der Waals surface area contributed by atoms with Crippen molar-refractivity contribution >= 4 is 9.84 Å². The lowest BCUT2D eigenvalue weighted by molar-refractivity contribution is 0.0162. The van der Waals surface area contributed by atoms with Gasteiger partial charge in [-0.1, -0.05) is 20.8 Å². The van der Waals surface area contributed by atoms with Crippen LogP contribution in [0.1, 0.15) is 33.6 Å². The maximum atomic E-state index is 11.5. The molecule has 0 bridgehead atoms. The van der Waals surface area contributed by atoms with Gasteiger partial charge in [0.1, 0.15) is 0 Å². The van der Waals surface area contributed by atoms with E-state index >= 15 is 0 Å². The Kier molecular flexibility index (Phi) is 3.72. The molecule has 96 valence electrons. The van der Waals surface area contributed by atoms with Crippen molar-refractivity contribution in [3.8, 4) is 0 Å². The van der Waals surface area contributed by atoms with Crippen molar-refractivity contribution in [3.63, 3.8) is 0 Å². The molecule has 1 saturated heterocycles. The van der Waals surface area contributed by atoms with Crippen LogP contribution in [0.5, 0.6) is 0 Å². The van der Waals surface area contributed by atoms with E-state index in [1.54, 1.807) is 0 Å². The predicted octanol–water partition coefficient (Wildman–Crippen LogP) is 0.547. The fourth-order valence-electron chi connectivity index (χ4n) is 2.30. The zero-order valence-corrected chi connectivity index (χ0v) is 11.2. The average molecular weight is 249 g/mol. The van der Waals surface area contributed by atoms with Gasteiger partial charge in [0.25, 0.3) is 0 Å². The molecule has 0 aliphatic carbocycles. The van der Waals surface area contributed by atoms with Crippen LogP contribution in [0.4, 0.5) is 0 Å². The molecule has 0 saturated carbocycles. The minimum Gasteiger partial charge on any atom is -0.392 e. The summed E-state index contributed by atoms with van der Waals surface area (Å²) in [6.45, 7) is 6.33. The molecule has 1 fully saturated rings. The molecule has 1 aliphatic rings. The Hall–Kier alpha value is -0.130. The van der Waals surface area contributed by atoms with Gasteiger partial charge in [-0.3, -0.25) is 0 Å². The van der Waals surface area contributed by atoms with Crippen LogP contribution in [0.15, 0.2) is 0 Å². The molecular formula is C11H23NO3S. The second-order valence-electron chi connectivity index (χ2n) is 6.19. The summed E-state index contributed by atoms with van der Waals surface area (Å²) in [5.41, 5.74) is 5.05. The monoisotopic (exact) mass is 249 g/mol. The van der Waals surface area contributed by atoms with Crippen molar-refractivity contribution in [2.45, 2.75) is 39.7 Å². The first kappa shape index (κ1) is 13.9. The van der Waals surface area contributed by atoms with E-state index in [-0.39, 0.29) is 23.5 Å². The molecule has 3 N–H and O–H groups in total. The minimum absolute atomic E-state index is 0.0199. The summed E-state index contributed by atoms with van der Waals surface area (Å²) < 4.78 is 23.0. The third-order valence-corrected chi connectivity index (χ3v) is 5.18.